The Balaban J connectivity index is 3.27. The van der Waals surface area contributed by atoms with Crippen molar-refractivity contribution in [2.75, 3.05) is 7.11 Å². The van der Waals surface area contributed by atoms with Gasteiger partial charge in [0.2, 0.25) is 0 Å². The van der Waals surface area contributed by atoms with Crippen molar-refractivity contribution in [2.24, 2.45) is 0 Å². The summed E-state index contributed by atoms with van der Waals surface area (Å²) in [7, 11) is 1.45. The number of hydrogen-bond donors (Lipinski definition) is 1. The molecule has 0 saturated carbocycles. The zero-order chi connectivity index (χ0) is 10.0. The molecule has 0 fully saturated rings. The largest absolute Gasteiger partial charge is 0.495 e. The van der Waals surface area contributed by atoms with Gasteiger partial charge in [0.05, 0.1) is 17.7 Å². The lowest BCUT2D eigenvalue weighted by Crippen LogP contribution is -1.96. The fourth-order valence-electron chi connectivity index (χ4n) is 1.04. The van der Waals surface area contributed by atoms with E-state index in [4.69, 9.17) is 4.74 Å². The summed E-state index contributed by atoms with van der Waals surface area (Å²) in [6.45, 7) is 1.57. The van der Waals surface area contributed by atoms with E-state index in [2.05, 4.69) is 15.9 Å². The predicted octanol–water partition coefficient (Wildman–Crippen LogP) is 2.65. The van der Waals surface area contributed by atoms with E-state index >= 15 is 0 Å². The van der Waals surface area contributed by atoms with Crippen molar-refractivity contribution in [3.63, 3.8) is 0 Å². The Morgan fingerprint density at radius 2 is 2.15 bits per heavy atom. The Morgan fingerprint density at radius 1 is 1.54 bits per heavy atom. The lowest BCUT2D eigenvalue weighted by Gasteiger charge is -2.11. The van der Waals surface area contributed by atoms with Gasteiger partial charge in [0.15, 0.2) is 0 Å². The second kappa shape index (κ2) is 4.07. The highest BCUT2D eigenvalue weighted by atomic mass is 79.9. The van der Waals surface area contributed by atoms with Gasteiger partial charge in [-0.05, 0) is 28.9 Å². The van der Waals surface area contributed by atoms with Crippen LogP contribution >= 0.6 is 15.9 Å². The van der Waals surface area contributed by atoms with Crippen molar-refractivity contribution in [3.8, 4) is 5.75 Å². The molecule has 1 atom stereocenters. The summed E-state index contributed by atoms with van der Waals surface area (Å²) < 4.78 is 18.5. The van der Waals surface area contributed by atoms with Crippen molar-refractivity contribution < 1.29 is 14.2 Å². The highest BCUT2D eigenvalue weighted by molar-refractivity contribution is 9.10. The molecular formula is C9H10BrFO2. The normalized spacial score (nSPS) is 12.7. The average Bonchev–Trinajstić information content (AvgIpc) is 2.08. The predicted molar refractivity (Wildman–Crippen MR) is 51.3 cm³/mol. The molecule has 0 aliphatic rings. The number of aliphatic hydroxyl groups excluding tert-OH is 1. The lowest BCUT2D eigenvalue weighted by atomic mass is 10.1. The number of rotatable bonds is 2. The van der Waals surface area contributed by atoms with Crippen LogP contribution in [-0.4, -0.2) is 12.2 Å². The molecule has 72 valence electrons. The number of halogens is 2. The van der Waals surface area contributed by atoms with Gasteiger partial charge in [-0.15, -0.1) is 0 Å². The van der Waals surface area contributed by atoms with Crippen LogP contribution in [-0.2, 0) is 0 Å². The van der Waals surface area contributed by atoms with E-state index in [-0.39, 0.29) is 0 Å². The number of hydrogen-bond acceptors (Lipinski definition) is 2. The van der Waals surface area contributed by atoms with Crippen LogP contribution in [0.5, 0.6) is 5.75 Å². The number of aliphatic hydroxyl groups is 1. The van der Waals surface area contributed by atoms with Gasteiger partial charge in [-0.1, -0.05) is 0 Å². The van der Waals surface area contributed by atoms with Crippen molar-refractivity contribution in [2.45, 2.75) is 13.0 Å². The van der Waals surface area contributed by atoms with Crippen LogP contribution in [0.25, 0.3) is 0 Å². The molecule has 0 bridgehead atoms. The molecule has 1 N–H and O–H groups in total. The molecule has 0 spiro atoms. The van der Waals surface area contributed by atoms with E-state index in [0.717, 1.165) is 0 Å². The summed E-state index contributed by atoms with van der Waals surface area (Å²) in [6, 6.07) is 2.53. The van der Waals surface area contributed by atoms with Crippen LogP contribution in [0.3, 0.4) is 0 Å². The summed E-state index contributed by atoms with van der Waals surface area (Å²) >= 11 is 3.22. The van der Waals surface area contributed by atoms with Crippen molar-refractivity contribution in [1.29, 1.82) is 0 Å². The molecular weight excluding hydrogens is 239 g/mol. The van der Waals surface area contributed by atoms with Crippen LogP contribution < -0.4 is 4.74 Å². The molecule has 13 heavy (non-hydrogen) atoms. The zero-order valence-corrected chi connectivity index (χ0v) is 8.93. The van der Waals surface area contributed by atoms with Gasteiger partial charge in [-0.25, -0.2) is 4.39 Å². The summed E-state index contributed by atoms with van der Waals surface area (Å²) in [6.07, 6.45) is -0.723. The Bertz CT molecular complexity index is 313. The molecule has 0 unspecified atom stereocenters. The molecule has 0 aliphatic heterocycles. The van der Waals surface area contributed by atoms with E-state index < -0.39 is 11.9 Å². The molecule has 1 rings (SSSR count). The minimum absolute atomic E-state index is 0.385. The fourth-order valence-corrected chi connectivity index (χ4v) is 1.76. The van der Waals surface area contributed by atoms with Gasteiger partial charge in [0.25, 0.3) is 0 Å². The van der Waals surface area contributed by atoms with Gasteiger partial charge >= 0.3 is 0 Å². The van der Waals surface area contributed by atoms with Crippen LogP contribution in [0, 0.1) is 5.82 Å². The first-order chi connectivity index (χ1) is 6.06. The maximum Gasteiger partial charge on any atom is 0.136 e. The molecule has 0 radical (unpaired) electrons. The monoisotopic (exact) mass is 248 g/mol. The minimum Gasteiger partial charge on any atom is -0.495 e. The molecule has 0 aliphatic carbocycles. The molecule has 0 heterocycles. The van der Waals surface area contributed by atoms with Crippen molar-refractivity contribution >= 4 is 15.9 Å². The Hall–Kier alpha value is -0.610. The second-order valence-corrected chi connectivity index (χ2v) is 3.48. The highest BCUT2D eigenvalue weighted by Gasteiger charge is 2.12. The SMILES string of the molecule is COc1cc(F)cc([C@@H](C)O)c1Br. The average molecular weight is 249 g/mol. The van der Waals surface area contributed by atoms with Crippen LogP contribution in [0.4, 0.5) is 4.39 Å². The molecule has 0 saturated heterocycles. The Morgan fingerprint density at radius 3 is 2.62 bits per heavy atom. The smallest absolute Gasteiger partial charge is 0.136 e. The summed E-state index contributed by atoms with van der Waals surface area (Å²) in [4.78, 5) is 0. The first kappa shape index (κ1) is 10.5. The molecule has 1 aromatic rings. The third kappa shape index (κ3) is 2.19. The third-order valence-corrected chi connectivity index (χ3v) is 2.55. The van der Waals surface area contributed by atoms with Gasteiger partial charge in [0, 0.05) is 11.6 Å². The van der Waals surface area contributed by atoms with E-state index in [1.807, 2.05) is 0 Å². The molecule has 2 nitrogen and oxygen atoms in total. The summed E-state index contributed by atoms with van der Waals surface area (Å²) in [5.41, 5.74) is 0.483. The topological polar surface area (TPSA) is 29.5 Å². The number of benzene rings is 1. The van der Waals surface area contributed by atoms with Crippen LogP contribution in [0.15, 0.2) is 16.6 Å². The molecule has 0 aromatic heterocycles. The van der Waals surface area contributed by atoms with Crippen molar-refractivity contribution in [1.82, 2.24) is 0 Å². The lowest BCUT2D eigenvalue weighted by molar-refractivity contribution is 0.197. The number of ether oxygens (including phenoxy) is 1. The third-order valence-electron chi connectivity index (χ3n) is 1.70. The maximum atomic E-state index is 12.9. The van der Waals surface area contributed by atoms with E-state index in [1.54, 1.807) is 6.92 Å². The van der Waals surface area contributed by atoms with Gasteiger partial charge in [0.1, 0.15) is 11.6 Å². The minimum atomic E-state index is -0.723. The fraction of sp³-hybridized carbons (Fsp3) is 0.333. The molecule has 0 amide bonds. The maximum absolute atomic E-state index is 12.9. The summed E-state index contributed by atoms with van der Waals surface area (Å²) in [5.74, 6) is -0.0353. The molecule has 4 heteroatoms. The van der Waals surface area contributed by atoms with Crippen LogP contribution in [0.1, 0.15) is 18.6 Å². The van der Waals surface area contributed by atoms with E-state index in [0.29, 0.717) is 15.8 Å². The van der Waals surface area contributed by atoms with Crippen LogP contribution in [0.2, 0.25) is 0 Å². The number of methoxy groups -OCH3 is 1. The van der Waals surface area contributed by atoms with Crippen molar-refractivity contribution in [3.05, 3.63) is 28.0 Å². The van der Waals surface area contributed by atoms with E-state index in [1.165, 1.54) is 19.2 Å². The molecule has 1 aromatic carbocycles. The van der Waals surface area contributed by atoms with E-state index in [9.17, 15) is 9.50 Å². The first-order valence-electron chi connectivity index (χ1n) is 3.77. The quantitative estimate of drug-likeness (QED) is 0.873. The van der Waals surface area contributed by atoms with Gasteiger partial charge in [-0.2, -0.15) is 0 Å². The van der Waals surface area contributed by atoms with Gasteiger partial charge < -0.3 is 9.84 Å². The zero-order valence-electron chi connectivity index (χ0n) is 7.34. The Labute approximate surface area is 84.5 Å². The van der Waals surface area contributed by atoms with Gasteiger partial charge in [-0.3, -0.25) is 0 Å². The summed E-state index contributed by atoms with van der Waals surface area (Å²) in [5, 5.41) is 9.30. The first-order valence-corrected chi connectivity index (χ1v) is 4.56. The Kier molecular flexibility index (Phi) is 3.27. The standard InChI is InChI=1S/C9H10BrFO2/c1-5(12)7-3-6(11)4-8(13-2)9(7)10/h3-5,12H,1-2H3/t5-/m1/s1. The highest BCUT2D eigenvalue weighted by Crippen LogP contribution is 2.33. The second-order valence-electron chi connectivity index (χ2n) is 2.69.